The van der Waals surface area contributed by atoms with Crippen molar-refractivity contribution in [3.05, 3.63) is 0 Å². The predicted molar refractivity (Wildman–Crippen MR) is 86.6 cm³/mol. The summed E-state index contributed by atoms with van der Waals surface area (Å²) in [6.45, 7) is 11.5. The van der Waals surface area contributed by atoms with Crippen LogP contribution in [0.5, 0.6) is 0 Å². The monoisotopic (exact) mass is 304 g/mol. The van der Waals surface area contributed by atoms with Crippen LogP contribution in [-0.4, -0.2) is 45.4 Å². The topological polar surface area (TPSA) is 36.9 Å². The van der Waals surface area contributed by atoms with Crippen molar-refractivity contribution < 1.29 is 18.9 Å². The van der Waals surface area contributed by atoms with Gasteiger partial charge < -0.3 is 18.9 Å². The van der Waals surface area contributed by atoms with Crippen molar-refractivity contribution in [2.24, 2.45) is 0 Å². The summed E-state index contributed by atoms with van der Waals surface area (Å²) in [6.07, 6.45) is 6.22. The van der Waals surface area contributed by atoms with Gasteiger partial charge in [0.15, 0.2) is 6.29 Å². The van der Waals surface area contributed by atoms with Gasteiger partial charge in [0.2, 0.25) is 0 Å². The lowest BCUT2D eigenvalue weighted by Crippen LogP contribution is -2.27. The summed E-state index contributed by atoms with van der Waals surface area (Å²) < 4.78 is 22.2. The molecule has 21 heavy (non-hydrogen) atoms. The summed E-state index contributed by atoms with van der Waals surface area (Å²) in [5.74, 6) is 0. The van der Waals surface area contributed by atoms with Gasteiger partial charge >= 0.3 is 0 Å². The van der Waals surface area contributed by atoms with Gasteiger partial charge in [0.25, 0.3) is 0 Å². The SMILES string of the molecule is CCCC(OC)OCCCCCOC(C)(C)CCOCC. The molecule has 0 heterocycles. The Morgan fingerprint density at radius 3 is 2.29 bits per heavy atom. The zero-order chi connectivity index (χ0) is 16.0. The minimum absolute atomic E-state index is 0.0382. The second-order valence-corrected chi connectivity index (χ2v) is 5.94. The average molecular weight is 304 g/mol. The van der Waals surface area contributed by atoms with E-state index < -0.39 is 0 Å². The molecule has 0 amide bonds. The summed E-state index contributed by atoms with van der Waals surface area (Å²) in [5.41, 5.74) is -0.0893. The lowest BCUT2D eigenvalue weighted by molar-refractivity contribution is -0.128. The van der Waals surface area contributed by atoms with Crippen molar-refractivity contribution in [3.63, 3.8) is 0 Å². The third-order valence-electron chi connectivity index (χ3n) is 3.43. The van der Waals surface area contributed by atoms with Gasteiger partial charge in [0, 0.05) is 33.5 Å². The van der Waals surface area contributed by atoms with Crippen LogP contribution in [0, 0.1) is 0 Å². The van der Waals surface area contributed by atoms with Gasteiger partial charge in [-0.25, -0.2) is 0 Å². The van der Waals surface area contributed by atoms with Crippen molar-refractivity contribution >= 4 is 0 Å². The van der Waals surface area contributed by atoms with Crippen LogP contribution in [0.2, 0.25) is 0 Å². The minimum Gasteiger partial charge on any atom is -0.382 e. The van der Waals surface area contributed by atoms with Crippen LogP contribution in [0.4, 0.5) is 0 Å². The Morgan fingerprint density at radius 1 is 0.952 bits per heavy atom. The maximum absolute atomic E-state index is 5.92. The van der Waals surface area contributed by atoms with E-state index in [9.17, 15) is 0 Å². The Morgan fingerprint density at radius 2 is 1.67 bits per heavy atom. The van der Waals surface area contributed by atoms with E-state index >= 15 is 0 Å². The summed E-state index contributed by atoms with van der Waals surface area (Å²) in [7, 11) is 1.71. The first-order valence-electron chi connectivity index (χ1n) is 8.41. The molecule has 0 aromatic heterocycles. The normalized spacial score (nSPS) is 13.6. The fraction of sp³-hybridized carbons (Fsp3) is 1.00. The molecule has 0 rings (SSSR count). The van der Waals surface area contributed by atoms with Gasteiger partial charge in [-0.15, -0.1) is 0 Å². The molecule has 128 valence electrons. The summed E-state index contributed by atoms with van der Waals surface area (Å²) in [6, 6.07) is 0. The van der Waals surface area contributed by atoms with E-state index in [1.807, 2.05) is 6.92 Å². The molecule has 0 bridgehead atoms. The standard InChI is InChI=1S/C17H36O4/c1-6-11-16(18-5)20-13-9-8-10-14-21-17(3,4)12-15-19-7-2/h16H,6-15H2,1-5H3. The van der Waals surface area contributed by atoms with Crippen LogP contribution in [-0.2, 0) is 18.9 Å². The molecule has 0 aliphatic heterocycles. The second-order valence-electron chi connectivity index (χ2n) is 5.94. The second kappa shape index (κ2) is 13.5. The number of rotatable bonds is 15. The van der Waals surface area contributed by atoms with E-state index in [1.54, 1.807) is 7.11 Å². The number of methoxy groups -OCH3 is 1. The first kappa shape index (κ1) is 20.8. The minimum atomic E-state index is -0.0893. The molecule has 0 aromatic carbocycles. The van der Waals surface area contributed by atoms with Crippen LogP contribution in [0.15, 0.2) is 0 Å². The summed E-state index contributed by atoms with van der Waals surface area (Å²) >= 11 is 0. The largest absolute Gasteiger partial charge is 0.382 e. The van der Waals surface area contributed by atoms with Crippen molar-refractivity contribution in [2.75, 3.05) is 33.5 Å². The van der Waals surface area contributed by atoms with Gasteiger partial charge in [0.05, 0.1) is 5.60 Å². The lowest BCUT2D eigenvalue weighted by atomic mass is 10.1. The highest BCUT2D eigenvalue weighted by molar-refractivity contribution is 4.67. The van der Waals surface area contributed by atoms with Gasteiger partial charge in [-0.05, 0) is 52.9 Å². The third kappa shape index (κ3) is 13.2. The predicted octanol–water partition coefficient (Wildman–Crippen LogP) is 4.17. The molecule has 0 radical (unpaired) electrons. The zero-order valence-corrected chi connectivity index (χ0v) is 14.8. The fourth-order valence-electron chi connectivity index (χ4n) is 1.98. The Hall–Kier alpha value is -0.160. The Kier molecular flexibility index (Phi) is 13.4. The van der Waals surface area contributed by atoms with Crippen LogP contribution in [0.3, 0.4) is 0 Å². The highest BCUT2D eigenvalue weighted by atomic mass is 16.7. The molecule has 0 fully saturated rings. The highest BCUT2D eigenvalue weighted by Crippen LogP contribution is 2.15. The van der Waals surface area contributed by atoms with Crippen LogP contribution >= 0.6 is 0 Å². The molecular weight excluding hydrogens is 268 g/mol. The van der Waals surface area contributed by atoms with Crippen LogP contribution in [0.1, 0.15) is 66.2 Å². The maximum atomic E-state index is 5.92. The number of unbranched alkanes of at least 4 members (excludes halogenated alkanes) is 2. The van der Waals surface area contributed by atoms with E-state index in [4.69, 9.17) is 18.9 Å². The van der Waals surface area contributed by atoms with E-state index in [1.165, 1.54) is 0 Å². The fourth-order valence-corrected chi connectivity index (χ4v) is 1.98. The van der Waals surface area contributed by atoms with E-state index in [-0.39, 0.29) is 11.9 Å². The van der Waals surface area contributed by atoms with Gasteiger partial charge in [-0.1, -0.05) is 13.3 Å². The molecule has 4 nitrogen and oxygen atoms in total. The zero-order valence-electron chi connectivity index (χ0n) is 14.8. The Bertz CT molecular complexity index is 219. The molecular formula is C17H36O4. The number of ether oxygens (including phenoxy) is 4. The van der Waals surface area contributed by atoms with Crippen LogP contribution in [0.25, 0.3) is 0 Å². The molecule has 0 aliphatic rings. The van der Waals surface area contributed by atoms with Crippen molar-refractivity contribution in [1.82, 2.24) is 0 Å². The number of hydrogen-bond acceptors (Lipinski definition) is 4. The summed E-state index contributed by atoms with van der Waals surface area (Å²) in [4.78, 5) is 0. The van der Waals surface area contributed by atoms with Gasteiger partial charge in [0.1, 0.15) is 0 Å². The molecule has 0 N–H and O–H groups in total. The molecule has 0 aromatic rings. The van der Waals surface area contributed by atoms with Crippen LogP contribution < -0.4 is 0 Å². The summed E-state index contributed by atoms with van der Waals surface area (Å²) in [5, 5.41) is 0. The molecule has 1 unspecified atom stereocenters. The average Bonchev–Trinajstić information content (AvgIpc) is 2.45. The van der Waals surface area contributed by atoms with Gasteiger partial charge in [-0.3, -0.25) is 0 Å². The molecule has 0 saturated carbocycles. The molecule has 0 saturated heterocycles. The smallest absolute Gasteiger partial charge is 0.157 e. The highest BCUT2D eigenvalue weighted by Gasteiger charge is 2.17. The molecule has 1 atom stereocenters. The molecule has 0 spiro atoms. The maximum Gasteiger partial charge on any atom is 0.157 e. The van der Waals surface area contributed by atoms with E-state index in [2.05, 4.69) is 20.8 Å². The van der Waals surface area contributed by atoms with Gasteiger partial charge in [-0.2, -0.15) is 0 Å². The lowest BCUT2D eigenvalue weighted by Gasteiger charge is -2.25. The first-order valence-corrected chi connectivity index (χ1v) is 8.41. The Balaban J connectivity index is 3.46. The van der Waals surface area contributed by atoms with E-state index in [0.29, 0.717) is 0 Å². The third-order valence-corrected chi connectivity index (χ3v) is 3.43. The number of hydrogen-bond donors (Lipinski definition) is 0. The molecule has 0 aliphatic carbocycles. The van der Waals surface area contributed by atoms with Crippen molar-refractivity contribution in [3.8, 4) is 0 Å². The quantitative estimate of drug-likeness (QED) is 0.336. The van der Waals surface area contributed by atoms with E-state index in [0.717, 1.165) is 65.0 Å². The Labute approximate surface area is 131 Å². The molecule has 4 heteroatoms. The first-order chi connectivity index (χ1) is 10.1. The van der Waals surface area contributed by atoms with Crippen molar-refractivity contribution in [2.45, 2.75) is 78.1 Å². The van der Waals surface area contributed by atoms with Crippen molar-refractivity contribution in [1.29, 1.82) is 0 Å².